The van der Waals surface area contributed by atoms with E-state index in [9.17, 15) is 13.9 Å². The van der Waals surface area contributed by atoms with E-state index in [2.05, 4.69) is 0 Å². The zero-order chi connectivity index (χ0) is 19.1. The Morgan fingerprint density at radius 2 is 1.69 bits per heavy atom. The molecule has 1 aliphatic rings. The highest BCUT2D eigenvalue weighted by Gasteiger charge is 2.50. The molecule has 0 amide bonds. The number of fused-ring (bicyclic) bond motifs is 1. The molecule has 26 heavy (non-hydrogen) atoms. The van der Waals surface area contributed by atoms with Crippen LogP contribution in [0.4, 0.5) is 8.78 Å². The minimum atomic E-state index is -3.17. The van der Waals surface area contributed by atoms with Crippen LogP contribution < -0.4 is 0 Å². The molecule has 1 saturated heterocycles. The summed E-state index contributed by atoms with van der Waals surface area (Å²) in [5.74, 6) is -3.17. The summed E-state index contributed by atoms with van der Waals surface area (Å²) in [7, 11) is 0. The average Bonchev–Trinajstić information content (AvgIpc) is 2.54. The fraction of sp³-hybridized carbons (Fsp3) is 0.524. The summed E-state index contributed by atoms with van der Waals surface area (Å²) in [5.41, 5.74) is 0.261. The Hall–Kier alpha value is -1.56. The van der Waals surface area contributed by atoms with Gasteiger partial charge in [0.25, 0.3) is 5.92 Å². The van der Waals surface area contributed by atoms with Crippen LogP contribution in [0.1, 0.15) is 45.8 Å². The van der Waals surface area contributed by atoms with E-state index in [1.165, 1.54) is 0 Å². The predicted octanol–water partition coefficient (Wildman–Crippen LogP) is 4.87. The van der Waals surface area contributed by atoms with Crippen LogP contribution in [0.25, 0.3) is 10.8 Å². The number of benzene rings is 2. The number of alkyl halides is 2. The van der Waals surface area contributed by atoms with Crippen molar-refractivity contribution in [3.8, 4) is 0 Å². The van der Waals surface area contributed by atoms with Crippen molar-refractivity contribution >= 4 is 10.8 Å². The van der Waals surface area contributed by atoms with Crippen molar-refractivity contribution in [1.82, 2.24) is 0 Å². The molecule has 1 heterocycles. The largest absolute Gasteiger partial charge is 0.387 e. The average molecular weight is 364 g/mol. The van der Waals surface area contributed by atoms with Crippen LogP contribution in [0.15, 0.2) is 42.5 Å². The molecule has 2 aromatic carbocycles. The van der Waals surface area contributed by atoms with Gasteiger partial charge in [-0.2, -0.15) is 0 Å². The highest BCUT2D eigenvalue weighted by atomic mass is 19.3. The van der Waals surface area contributed by atoms with Crippen LogP contribution >= 0.6 is 0 Å². The third-order valence-corrected chi connectivity index (χ3v) is 4.60. The van der Waals surface area contributed by atoms with Gasteiger partial charge in [0.15, 0.2) is 0 Å². The highest BCUT2D eigenvalue weighted by molar-refractivity contribution is 5.83. The van der Waals surface area contributed by atoms with Crippen LogP contribution in [0.2, 0.25) is 0 Å². The molecule has 3 rings (SSSR count). The minimum Gasteiger partial charge on any atom is -0.387 e. The molecule has 0 saturated carbocycles. The zero-order valence-corrected chi connectivity index (χ0v) is 15.6. The second kappa shape index (κ2) is 6.87. The molecule has 0 aromatic heterocycles. The normalized spacial score (nSPS) is 27.7. The van der Waals surface area contributed by atoms with Crippen LogP contribution in [0.3, 0.4) is 0 Å². The van der Waals surface area contributed by atoms with Crippen molar-refractivity contribution in [3.63, 3.8) is 0 Å². The van der Waals surface area contributed by atoms with Crippen molar-refractivity contribution < 1.29 is 23.4 Å². The lowest BCUT2D eigenvalue weighted by Crippen LogP contribution is -2.55. The second-order valence-electron chi connectivity index (χ2n) is 8.10. The standard InChI is InChI=1S/C21H26F2O3/c1-20(2,3)26-17-12-16(25-19(18(17)24)21(4,22)23)15-10-9-13-7-5-6-8-14(13)11-15/h5-11,16-19,24H,12H2,1-4H3/t16-,17-,18+,19+/m1/s1. The summed E-state index contributed by atoms with van der Waals surface area (Å²) >= 11 is 0. The van der Waals surface area contributed by atoms with Gasteiger partial charge in [0, 0.05) is 13.3 Å². The Morgan fingerprint density at radius 3 is 2.31 bits per heavy atom. The molecule has 0 spiro atoms. The Kier molecular flexibility index (Phi) is 5.08. The first-order valence-electron chi connectivity index (χ1n) is 8.92. The van der Waals surface area contributed by atoms with Crippen molar-refractivity contribution in [2.75, 3.05) is 0 Å². The van der Waals surface area contributed by atoms with Gasteiger partial charge in [-0.3, -0.25) is 0 Å². The van der Waals surface area contributed by atoms with Crippen LogP contribution in [-0.2, 0) is 9.47 Å². The number of aliphatic hydroxyl groups excluding tert-OH is 1. The van der Waals surface area contributed by atoms with Crippen molar-refractivity contribution in [1.29, 1.82) is 0 Å². The maximum absolute atomic E-state index is 14.1. The van der Waals surface area contributed by atoms with Crippen LogP contribution in [0, 0.1) is 0 Å². The van der Waals surface area contributed by atoms with E-state index in [0.717, 1.165) is 23.3 Å². The van der Waals surface area contributed by atoms with Gasteiger partial charge in [-0.25, -0.2) is 8.78 Å². The molecular formula is C21H26F2O3. The van der Waals surface area contributed by atoms with Crippen molar-refractivity contribution in [2.45, 2.75) is 70.1 Å². The number of halogens is 2. The molecule has 0 radical (unpaired) electrons. The Labute approximate surface area is 152 Å². The number of aliphatic hydroxyl groups is 1. The zero-order valence-electron chi connectivity index (χ0n) is 15.6. The topological polar surface area (TPSA) is 38.7 Å². The second-order valence-corrected chi connectivity index (χ2v) is 8.10. The fourth-order valence-corrected chi connectivity index (χ4v) is 3.47. The number of hydrogen-bond acceptors (Lipinski definition) is 3. The molecule has 1 aliphatic heterocycles. The molecule has 0 bridgehead atoms. The molecule has 3 nitrogen and oxygen atoms in total. The Balaban J connectivity index is 1.94. The lowest BCUT2D eigenvalue weighted by molar-refractivity contribution is -0.261. The number of hydrogen-bond donors (Lipinski definition) is 1. The molecule has 1 N–H and O–H groups in total. The molecule has 2 aromatic rings. The van der Waals surface area contributed by atoms with E-state index in [1.54, 1.807) is 0 Å². The van der Waals surface area contributed by atoms with Crippen molar-refractivity contribution in [3.05, 3.63) is 48.0 Å². The van der Waals surface area contributed by atoms with Gasteiger partial charge in [0.1, 0.15) is 12.2 Å². The molecule has 0 unspecified atom stereocenters. The third-order valence-electron chi connectivity index (χ3n) is 4.60. The summed E-state index contributed by atoms with van der Waals surface area (Å²) in [6, 6.07) is 13.7. The van der Waals surface area contributed by atoms with E-state index >= 15 is 0 Å². The Bertz CT molecular complexity index is 764. The van der Waals surface area contributed by atoms with E-state index in [0.29, 0.717) is 6.42 Å². The maximum atomic E-state index is 14.1. The minimum absolute atomic E-state index is 0.323. The van der Waals surface area contributed by atoms with E-state index in [1.807, 2.05) is 63.2 Å². The molecule has 4 atom stereocenters. The summed E-state index contributed by atoms with van der Waals surface area (Å²) in [6.07, 6.45) is -3.96. The monoisotopic (exact) mass is 364 g/mol. The summed E-state index contributed by atoms with van der Waals surface area (Å²) in [5, 5.41) is 12.5. The smallest absolute Gasteiger partial charge is 0.273 e. The first kappa shape index (κ1) is 19.2. The van der Waals surface area contributed by atoms with Gasteiger partial charge >= 0.3 is 0 Å². The lowest BCUT2D eigenvalue weighted by Gasteiger charge is -2.43. The Morgan fingerprint density at radius 1 is 1.04 bits per heavy atom. The third kappa shape index (κ3) is 4.22. The van der Waals surface area contributed by atoms with Gasteiger partial charge in [-0.15, -0.1) is 0 Å². The van der Waals surface area contributed by atoms with Crippen LogP contribution in [-0.4, -0.2) is 34.9 Å². The summed E-state index contributed by atoms with van der Waals surface area (Å²) in [4.78, 5) is 0. The maximum Gasteiger partial charge on any atom is 0.273 e. The SMILES string of the molecule is CC(C)(C)O[C@@H]1C[C@H](c2ccc3ccccc3c2)O[C@H](C(C)(F)F)[C@H]1O. The summed E-state index contributed by atoms with van der Waals surface area (Å²) < 4.78 is 39.7. The first-order valence-corrected chi connectivity index (χ1v) is 8.92. The van der Waals surface area contributed by atoms with Crippen LogP contribution in [0.5, 0.6) is 0 Å². The number of ether oxygens (including phenoxy) is 2. The van der Waals surface area contributed by atoms with Gasteiger partial charge in [0.05, 0.1) is 17.8 Å². The molecular weight excluding hydrogens is 338 g/mol. The fourth-order valence-electron chi connectivity index (χ4n) is 3.47. The molecule has 5 heteroatoms. The van der Waals surface area contributed by atoms with Gasteiger partial charge in [0.2, 0.25) is 0 Å². The van der Waals surface area contributed by atoms with Gasteiger partial charge in [-0.1, -0.05) is 36.4 Å². The first-order chi connectivity index (χ1) is 12.0. The van der Waals surface area contributed by atoms with Crippen molar-refractivity contribution in [2.24, 2.45) is 0 Å². The van der Waals surface area contributed by atoms with E-state index in [4.69, 9.17) is 9.47 Å². The highest BCUT2D eigenvalue weighted by Crippen LogP contribution is 2.40. The van der Waals surface area contributed by atoms with E-state index in [-0.39, 0.29) is 0 Å². The van der Waals surface area contributed by atoms with Gasteiger partial charge in [-0.05, 0) is 43.2 Å². The number of rotatable bonds is 3. The quantitative estimate of drug-likeness (QED) is 0.844. The lowest BCUT2D eigenvalue weighted by atomic mass is 9.90. The van der Waals surface area contributed by atoms with E-state index < -0.39 is 35.9 Å². The molecule has 1 fully saturated rings. The predicted molar refractivity (Wildman–Crippen MR) is 97.4 cm³/mol. The summed E-state index contributed by atoms with van der Waals surface area (Å²) in [6.45, 7) is 6.32. The molecule has 142 valence electrons. The molecule has 0 aliphatic carbocycles. The van der Waals surface area contributed by atoms with Gasteiger partial charge < -0.3 is 14.6 Å².